The summed E-state index contributed by atoms with van der Waals surface area (Å²) in [6.07, 6.45) is 0.699. The van der Waals surface area contributed by atoms with Gasteiger partial charge in [0.05, 0.1) is 33.8 Å². The molecule has 1 N–H and O–H groups in total. The normalized spacial score (nSPS) is 17.0. The SMILES string of the molecule is CCCOC(=O)c1ccc(N2C(=O)C(=O)/C(=C(\O)c3ccc(Cl)c(Cl)c3)C2c2ccccc2)cc1. The minimum Gasteiger partial charge on any atom is -0.507 e. The van der Waals surface area contributed by atoms with Crippen LogP contribution in [0.2, 0.25) is 10.0 Å². The minimum atomic E-state index is -0.899. The topological polar surface area (TPSA) is 83.9 Å². The molecular weight excluding hydrogens is 489 g/mol. The van der Waals surface area contributed by atoms with E-state index in [-0.39, 0.29) is 21.9 Å². The number of carbonyl (C=O) groups is 3. The first kappa shape index (κ1) is 24.5. The molecule has 0 saturated carbocycles. The van der Waals surface area contributed by atoms with Gasteiger partial charge in [-0.05, 0) is 54.4 Å². The average molecular weight is 510 g/mol. The number of esters is 1. The van der Waals surface area contributed by atoms with Crippen molar-refractivity contribution in [3.63, 3.8) is 0 Å². The number of rotatable bonds is 6. The fourth-order valence-electron chi connectivity index (χ4n) is 3.88. The van der Waals surface area contributed by atoms with Crippen molar-refractivity contribution in [2.24, 2.45) is 0 Å². The Morgan fingerprint density at radius 1 is 0.943 bits per heavy atom. The number of anilines is 1. The minimum absolute atomic E-state index is 0.0778. The Morgan fingerprint density at radius 2 is 1.60 bits per heavy atom. The molecule has 0 radical (unpaired) electrons. The van der Waals surface area contributed by atoms with Crippen LogP contribution >= 0.6 is 23.2 Å². The summed E-state index contributed by atoms with van der Waals surface area (Å²) >= 11 is 12.1. The van der Waals surface area contributed by atoms with Gasteiger partial charge in [0.25, 0.3) is 11.7 Å². The first-order chi connectivity index (χ1) is 16.8. The third kappa shape index (κ3) is 4.81. The lowest BCUT2D eigenvalue weighted by molar-refractivity contribution is -0.132. The van der Waals surface area contributed by atoms with Crippen LogP contribution in [0.1, 0.15) is 40.9 Å². The number of hydrogen-bond acceptors (Lipinski definition) is 5. The molecule has 0 spiro atoms. The molecule has 1 amide bonds. The van der Waals surface area contributed by atoms with Crippen molar-refractivity contribution in [2.75, 3.05) is 11.5 Å². The van der Waals surface area contributed by atoms with Gasteiger partial charge < -0.3 is 9.84 Å². The number of hydrogen-bond donors (Lipinski definition) is 1. The van der Waals surface area contributed by atoms with Crippen LogP contribution in [0.15, 0.2) is 78.4 Å². The Balaban J connectivity index is 1.82. The Hall–Kier alpha value is -3.61. The highest BCUT2D eigenvalue weighted by molar-refractivity contribution is 6.51. The lowest BCUT2D eigenvalue weighted by Gasteiger charge is -2.25. The van der Waals surface area contributed by atoms with Crippen LogP contribution in [0.25, 0.3) is 5.76 Å². The van der Waals surface area contributed by atoms with Crippen molar-refractivity contribution in [1.82, 2.24) is 0 Å². The van der Waals surface area contributed by atoms with Crippen molar-refractivity contribution in [3.05, 3.63) is 105 Å². The zero-order chi connectivity index (χ0) is 25.1. The Morgan fingerprint density at radius 3 is 2.23 bits per heavy atom. The molecule has 3 aromatic rings. The quantitative estimate of drug-likeness (QED) is 0.185. The zero-order valence-corrected chi connectivity index (χ0v) is 20.2. The highest BCUT2D eigenvalue weighted by Gasteiger charge is 2.47. The summed E-state index contributed by atoms with van der Waals surface area (Å²) in [4.78, 5) is 39.9. The number of aliphatic hydroxyl groups excluding tert-OH is 1. The molecule has 4 rings (SSSR count). The zero-order valence-electron chi connectivity index (χ0n) is 18.7. The summed E-state index contributed by atoms with van der Waals surface area (Å²) in [5, 5.41) is 11.6. The Labute approximate surface area is 212 Å². The second-order valence-electron chi connectivity index (χ2n) is 7.89. The maximum Gasteiger partial charge on any atom is 0.338 e. The maximum absolute atomic E-state index is 13.2. The highest BCUT2D eigenvalue weighted by Crippen LogP contribution is 2.42. The van der Waals surface area contributed by atoms with E-state index in [1.165, 1.54) is 35.2 Å². The molecule has 3 aromatic carbocycles. The van der Waals surface area contributed by atoms with E-state index in [1.807, 2.05) is 13.0 Å². The van der Waals surface area contributed by atoms with Crippen molar-refractivity contribution < 1.29 is 24.2 Å². The van der Waals surface area contributed by atoms with Gasteiger partial charge in [0, 0.05) is 11.3 Å². The van der Waals surface area contributed by atoms with Gasteiger partial charge in [-0.3, -0.25) is 14.5 Å². The fraction of sp³-hybridized carbons (Fsp3) is 0.148. The molecule has 1 aliphatic rings. The summed E-state index contributed by atoms with van der Waals surface area (Å²) in [5.41, 5.74) is 1.52. The lowest BCUT2D eigenvalue weighted by atomic mass is 9.95. The Kier molecular flexibility index (Phi) is 7.24. The number of nitrogens with zero attached hydrogens (tertiary/aromatic N) is 1. The molecule has 1 heterocycles. The van der Waals surface area contributed by atoms with Crippen LogP contribution in [0.4, 0.5) is 5.69 Å². The molecule has 178 valence electrons. The Bertz CT molecular complexity index is 1320. The van der Waals surface area contributed by atoms with E-state index in [2.05, 4.69) is 0 Å². The van der Waals surface area contributed by atoms with Crippen LogP contribution in [0.5, 0.6) is 0 Å². The summed E-state index contributed by atoms with van der Waals surface area (Å²) in [6.45, 7) is 2.20. The molecular formula is C27H21Cl2NO5. The molecule has 35 heavy (non-hydrogen) atoms. The lowest BCUT2D eigenvalue weighted by Crippen LogP contribution is -2.29. The average Bonchev–Trinajstić information content (AvgIpc) is 3.14. The van der Waals surface area contributed by atoms with E-state index in [9.17, 15) is 19.5 Å². The number of Topliss-reactive ketones (excluding diaryl/α,β-unsaturated/α-hetero) is 1. The van der Waals surface area contributed by atoms with Crippen molar-refractivity contribution in [3.8, 4) is 0 Å². The summed E-state index contributed by atoms with van der Waals surface area (Å²) < 4.78 is 5.15. The summed E-state index contributed by atoms with van der Waals surface area (Å²) in [6, 6.07) is 18.7. The molecule has 0 aromatic heterocycles. The number of ketones is 1. The van der Waals surface area contributed by atoms with Gasteiger partial charge in [-0.1, -0.05) is 60.5 Å². The largest absolute Gasteiger partial charge is 0.507 e. The monoisotopic (exact) mass is 509 g/mol. The highest BCUT2D eigenvalue weighted by atomic mass is 35.5. The van der Waals surface area contributed by atoms with Gasteiger partial charge in [0.2, 0.25) is 0 Å². The maximum atomic E-state index is 13.2. The second-order valence-corrected chi connectivity index (χ2v) is 8.71. The van der Waals surface area contributed by atoms with Gasteiger partial charge in [-0.25, -0.2) is 4.79 Å². The molecule has 0 aliphatic carbocycles. The van der Waals surface area contributed by atoms with Crippen molar-refractivity contribution in [1.29, 1.82) is 0 Å². The molecule has 1 aliphatic heterocycles. The molecule has 1 fully saturated rings. The first-order valence-corrected chi connectivity index (χ1v) is 11.7. The molecule has 1 unspecified atom stereocenters. The number of benzene rings is 3. The van der Waals surface area contributed by atoms with E-state index in [1.54, 1.807) is 36.4 Å². The van der Waals surface area contributed by atoms with Gasteiger partial charge in [0.1, 0.15) is 5.76 Å². The second kappa shape index (κ2) is 10.3. The van der Waals surface area contributed by atoms with Crippen molar-refractivity contribution in [2.45, 2.75) is 19.4 Å². The number of ether oxygens (including phenoxy) is 1. The number of aliphatic hydroxyl groups is 1. The van der Waals surface area contributed by atoms with E-state index in [0.29, 0.717) is 34.9 Å². The molecule has 0 bridgehead atoms. The van der Waals surface area contributed by atoms with Gasteiger partial charge >= 0.3 is 5.97 Å². The molecule has 1 atom stereocenters. The van der Waals surface area contributed by atoms with Crippen LogP contribution in [0, 0.1) is 0 Å². The summed E-state index contributed by atoms with van der Waals surface area (Å²) in [7, 11) is 0. The predicted octanol–water partition coefficient (Wildman–Crippen LogP) is 6.19. The van der Waals surface area contributed by atoms with Gasteiger partial charge in [-0.15, -0.1) is 0 Å². The van der Waals surface area contributed by atoms with Crippen LogP contribution in [-0.2, 0) is 14.3 Å². The van der Waals surface area contributed by atoms with Gasteiger partial charge in [-0.2, -0.15) is 0 Å². The molecule has 8 heteroatoms. The van der Waals surface area contributed by atoms with Crippen LogP contribution in [-0.4, -0.2) is 29.4 Å². The van der Waals surface area contributed by atoms with Crippen LogP contribution < -0.4 is 4.90 Å². The van der Waals surface area contributed by atoms with Crippen molar-refractivity contribution >= 4 is 52.3 Å². The first-order valence-electron chi connectivity index (χ1n) is 10.9. The van der Waals surface area contributed by atoms with Crippen LogP contribution in [0.3, 0.4) is 0 Å². The third-order valence-electron chi connectivity index (χ3n) is 5.57. The smallest absolute Gasteiger partial charge is 0.338 e. The number of carbonyl (C=O) groups excluding carboxylic acids is 3. The van der Waals surface area contributed by atoms with E-state index in [0.717, 1.165) is 0 Å². The number of halogens is 2. The third-order valence-corrected chi connectivity index (χ3v) is 6.31. The van der Waals surface area contributed by atoms with E-state index >= 15 is 0 Å². The van der Waals surface area contributed by atoms with Gasteiger partial charge in [0.15, 0.2) is 0 Å². The number of amides is 1. The van der Waals surface area contributed by atoms with E-state index in [4.69, 9.17) is 27.9 Å². The molecule has 1 saturated heterocycles. The fourth-order valence-corrected chi connectivity index (χ4v) is 4.18. The summed E-state index contributed by atoms with van der Waals surface area (Å²) in [5.74, 6) is -2.48. The standard InChI is InChI=1S/C27H21Cl2NO5/c1-2-14-35-27(34)17-8-11-19(12-9-17)30-23(16-6-4-3-5-7-16)22(25(32)26(30)33)24(31)18-10-13-20(28)21(29)15-18/h3-13,15,23,31H,2,14H2,1H3/b24-22-. The molecule has 6 nitrogen and oxygen atoms in total. The predicted molar refractivity (Wildman–Crippen MR) is 135 cm³/mol. The van der Waals surface area contributed by atoms with E-state index < -0.39 is 23.7 Å².